The summed E-state index contributed by atoms with van der Waals surface area (Å²) in [5.41, 5.74) is 0. The molecule has 72 valence electrons. The first kappa shape index (κ1) is 11.4. The molecule has 0 spiro atoms. The zero-order valence-electron chi connectivity index (χ0n) is 6.24. The van der Waals surface area contributed by atoms with Crippen LogP contribution in [-0.2, 0) is 0 Å². The predicted octanol–water partition coefficient (Wildman–Crippen LogP) is 3.19. The minimum atomic E-state index is -3.70. The van der Waals surface area contributed by atoms with E-state index in [2.05, 4.69) is 6.58 Å². The summed E-state index contributed by atoms with van der Waals surface area (Å²) in [6.07, 6.45) is -6.89. The summed E-state index contributed by atoms with van der Waals surface area (Å²) in [5.74, 6) is -3.70. The van der Waals surface area contributed by atoms with E-state index in [1.165, 1.54) is 0 Å². The second-order valence-corrected chi connectivity index (χ2v) is 2.31. The van der Waals surface area contributed by atoms with Crippen molar-refractivity contribution < 1.29 is 22.0 Å². The van der Waals surface area contributed by atoms with Gasteiger partial charge < -0.3 is 0 Å². The summed E-state index contributed by atoms with van der Waals surface area (Å²) in [4.78, 5) is 0. The van der Waals surface area contributed by atoms with Crippen LogP contribution in [0.2, 0.25) is 0 Å². The lowest BCUT2D eigenvalue weighted by Gasteiger charge is -2.15. The number of hydrogen-bond acceptors (Lipinski definition) is 0. The van der Waals surface area contributed by atoms with Gasteiger partial charge >= 0.3 is 0 Å². The van der Waals surface area contributed by atoms with Crippen molar-refractivity contribution in [3.63, 3.8) is 0 Å². The van der Waals surface area contributed by atoms with E-state index in [1.807, 2.05) is 0 Å². The zero-order valence-corrected chi connectivity index (χ0v) is 6.24. The minimum absolute atomic E-state index is 0.128. The molecule has 0 heterocycles. The Bertz CT molecular complexity index is 143. The van der Waals surface area contributed by atoms with Crippen LogP contribution in [0.3, 0.4) is 0 Å². The molecule has 0 rings (SSSR count). The molecule has 0 radical (unpaired) electrons. The van der Waals surface area contributed by atoms with Gasteiger partial charge in [-0.1, -0.05) is 6.58 Å². The highest BCUT2D eigenvalue weighted by molar-refractivity contribution is 4.93. The van der Waals surface area contributed by atoms with Crippen molar-refractivity contribution in [3.8, 4) is 0 Å². The average Bonchev–Trinajstić information content (AvgIpc) is 2.00. The molecule has 0 fully saturated rings. The van der Waals surface area contributed by atoms with Gasteiger partial charge in [0, 0.05) is 6.42 Å². The van der Waals surface area contributed by atoms with Crippen molar-refractivity contribution in [1.29, 1.82) is 0 Å². The van der Waals surface area contributed by atoms with Crippen molar-refractivity contribution >= 4 is 0 Å². The van der Waals surface area contributed by atoms with Gasteiger partial charge in [-0.25, -0.2) is 13.2 Å². The SMILES string of the molecule is C=CC(F)(F)C(F)CCC(F)F. The van der Waals surface area contributed by atoms with E-state index in [1.54, 1.807) is 0 Å². The van der Waals surface area contributed by atoms with Crippen LogP contribution in [0.15, 0.2) is 12.7 Å². The molecule has 0 saturated carbocycles. The molecule has 0 N–H and O–H groups in total. The summed E-state index contributed by atoms with van der Waals surface area (Å²) in [5, 5.41) is 0. The maximum absolute atomic E-state index is 12.4. The fraction of sp³-hybridized carbons (Fsp3) is 0.714. The van der Waals surface area contributed by atoms with Crippen molar-refractivity contribution in [2.75, 3.05) is 0 Å². The average molecular weight is 188 g/mol. The van der Waals surface area contributed by atoms with Gasteiger partial charge in [-0.05, 0) is 12.5 Å². The Balaban J connectivity index is 3.86. The maximum Gasteiger partial charge on any atom is 0.296 e. The van der Waals surface area contributed by atoms with Crippen LogP contribution < -0.4 is 0 Å². The van der Waals surface area contributed by atoms with Crippen LogP contribution in [-0.4, -0.2) is 18.5 Å². The van der Waals surface area contributed by atoms with Crippen molar-refractivity contribution in [2.24, 2.45) is 0 Å². The van der Waals surface area contributed by atoms with Gasteiger partial charge in [-0.15, -0.1) is 0 Å². The Morgan fingerprint density at radius 3 is 2.00 bits per heavy atom. The Labute approximate surface area is 67.1 Å². The molecule has 0 nitrogen and oxygen atoms in total. The van der Waals surface area contributed by atoms with E-state index in [0.29, 0.717) is 0 Å². The standard InChI is InChI=1S/C7H9F5/c1-2-7(11,12)5(8)3-4-6(9)10/h2,5-6H,1,3-4H2. The van der Waals surface area contributed by atoms with E-state index in [4.69, 9.17) is 0 Å². The molecule has 1 unspecified atom stereocenters. The van der Waals surface area contributed by atoms with Gasteiger partial charge in [0.1, 0.15) is 0 Å². The van der Waals surface area contributed by atoms with E-state index in [-0.39, 0.29) is 6.08 Å². The molecule has 0 aromatic rings. The number of halogens is 5. The Kier molecular flexibility index (Phi) is 4.20. The Morgan fingerprint density at radius 2 is 1.67 bits per heavy atom. The van der Waals surface area contributed by atoms with Crippen LogP contribution in [0, 0.1) is 0 Å². The molecule has 0 aliphatic carbocycles. The zero-order chi connectivity index (χ0) is 9.78. The Morgan fingerprint density at radius 1 is 1.17 bits per heavy atom. The lowest BCUT2D eigenvalue weighted by Crippen LogP contribution is -2.27. The quantitative estimate of drug-likeness (QED) is 0.459. The third kappa shape index (κ3) is 3.69. The molecule has 0 aliphatic rings. The van der Waals surface area contributed by atoms with Gasteiger partial charge in [0.15, 0.2) is 6.17 Å². The van der Waals surface area contributed by atoms with E-state index in [0.717, 1.165) is 0 Å². The van der Waals surface area contributed by atoms with Gasteiger partial charge in [0.25, 0.3) is 5.92 Å². The van der Waals surface area contributed by atoms with Crippen LogP contribution in [0.5, 0.6) is 0 Å². The first-order chi connectivity index (χ1) is 5.40. The lowest BCUT2D eigenvalue weighted by molar-refractivity contribution is -0.0365. The molecule has 0 saturated heterocycles. The third-order valence-electron chi connectivity index (χ3n) is 1.33. The van der Waals surface area contributed by atoms with E-state index >= 15 is 0 Å². The van der Waals surface area contributed by atoms with Crippen molar-refractivity contribution in [3.05, 3.63) is 12.7 Å². The number of allylic oxidation sites excluding steroid dienone is 1. The molecule has 0 amide bonds. The van der Waals surface area contributed by atoms with E-state index in [9.17, 15) is 22.0 Å². The lowest BCUT2D eigenvalue weighted by atomic mass is 10.1. The summed E-state index contributed by atoms with van der Waals surface area (Å²) < 4.78 is 59.8. The molecule has 0 aliphatic heterocycles. The number of alkyl halides is 5. The van der Waals surface area contributed by atoms with Crippen LogP contribution in [0.1, 0.15) is 12.8 Å². The van der Waals surface area contributed by atoms with Crippen LogP contribution >= 0.6 is 0 Å². The van der Waals surface area contributed by atoms with Gasteiger partial charge in [-0.2, -0.15) is 8.78 Å². The summed E-state index contributed by atoms with van der Waals surface area (Å²) in [6, 6.07) is 0. The fourth-order valence-electron chi connectivity index (χ4n) is 0.593. The van der Waals surface area contributed by atoms with E-state index < -0.39 is 31.4 Å². The smallest absolute Gasteiger partial charge is 0.240 e. The topological polar surface area (TPSA) is 0 Å². The van der Waals surface area contributed by atoms with Crippen molar-refractivity contribution in [2.45, 2.75) is 31.4 Å². The fourth-order valence-corrected chi connectivity index (χ4v) is 0.593. The highest BCUT2D eigenvalue weighted by Gasteiger charge is 2.36. The first-order valence-corrected chi connectivity index (χ1v) is 3.33. The second kappa shape index (κ2) is 4.42. The third-order valence-corrected chi connectivity index (χ3v) is 1.33. The maximum atomic E-state index is 12.4. The highest BCUT2D eigenvalue weighted by Crippen LogP contribution is 2.26. The molecular weight excluding hydrogens is 179 g/mol. The van der Waals surface area contributed by atoms with Gasteiger partial charge in [-0.3, -0.25) is 0 Å². The summed E-state index contributed by atoms with van der Waals surface area (Å²) in [7, 11) is 0. The molecule has 0 aromatic heterocycles. The summed E-state index contributed by atoms with van der Waals surface area (Å²) in [6.45, 7) is 2.70. The second-order valence-electron chi connectivity index (χ2n) is 2.31. The summed E-state index contributed by atoms with van der Waals surface area (Å²) >= 11 is 0. The van der Waals surface area contributed by atoms with Crippen molar-refractivity contribution in [1.82, 2.24) is 0 Å². The number of hydrogen-bond donors (Lipinski definition) is 0. The van der Waals surface area contributed by atoms with Crippen LogP contribution in [0.25, 0.3) is 0 Å². The minimum Gasteiger partial charge on any atom is -0.240 e. The molecule has 12 heavy (non-hydrogen) atoms. The molecule has 1 atom stereocenters. The van der Waals surface area contributed by atoms with Gasteiger partial charge in [0.2, 0.25) is 6.43 Å². The molecular formula is C7H9F5. The number of rotatable bonds is 5. The predicted molar refractivity (Wildman–Crippen MR) is 35.3 cm³/mol. The normalized spacial score (nSPS) is 14.8. The van der Waals surface area contributed by atoms with Crippen LogP contribution in [0.4, 0.5) is 22.0 Å². The monoisotopic (exact) mass is 188 g/mol. The highest BCUT2D eigenvalue weighted by atomic mass is 19.3. The molecule has 0 bridgehead atoms. The molecule has 5 heteroatoms. The first-order valence-electron chi connectivity index (χ1n) is 3.33. The van der Waals surface area contributed by atoms with Gasteiger partial charge in [0.05, 0.1) is 0 Å². The largest absolute Gasteiger partial charge is 0.296 e. The Hall–Kier alpha value is -0.610. The molecule has 0 aromatic carbocycles.